The summed E-state index contributed by atoms with van der Waals surface area (Å²) < 4.78 is 30.0. The number of benzene rings is 2. The van der Waals surface area contributed by atoms with Gasteiger partial charge in [0.25, 0.3) is 0 Å². The van der Waals surface area contributed by atoms with Crippen LogP contribution in [0.25, 0.3) is 0 Å². The number of carbonyl (C=O) groups excluding carboxylic acids is 1. The average Bonchev–Trinajstić information content (AvgIpc) is 3.17. The maximum atomic E-state index is 12.5. The number of hydrogen-bond donors (Lipinski definition) is 1. The Hall–Kier alpha value is -3.00. The molecule has 0 saturated carbocycles. The highest BCUT2D eigenvalue weighted by Gasteiger charge is 2.19. The summed E-state index contributed by atoms with van der Waals surface area (Å²) in [5.74, 6) is -0.0990. The van der Waals surface area contributed by atoms with Gasteiger partial charge in [0.1, 0.15) is 5.75 Å². The number of hydrogen-bond acceptors (Lipinski definition) is 6. The molecule has 0 fully saturated rings. The van der Waals surface area contributed by atoms with Gasteiger partial charge < -0.3 is 9.84 Å². The standard InChI is InChI=1S/C22H25N3O4S/c1-17-9-11-19(12-10-17)30(27,28)16-20-24-22(29-25-20)14-13-21(26)23-15-5-8-18-6-3-2-4-7-18/h2-4,6-7,9-12H,5,8,13-16H2,1H3,(H,23,26). The number of amides is 1. The molecule has 1 aromatic heterocycles. The fourth-order valence-electron chi connectivity index (χ4n) is 2.92. The second-order valence-electron chi connectivity index (χ2n) is 7.12. The molecule has 8 heteroatoms. The highest BCUT2D eigenvalue weighted by Crippen LogP contribution is 2.16. The molecule has 7 nitrogen and oxygen atoms in total. The summed E-state index contributed by atoms with van der Waals surface area (Å²) in [6.07, 6.45) is 2.24. The Labute approximate surface area is 176 Å². The molecule has 0 atom stereocenters. The van der Waals surface area contributed by atoms with Gasteiger partial charge in [-0.3, -0.25) is 4.79 Å². The first-order valence-electron chi connectivity index (χ1n) is 9.84. The molecule has 0 unspecified atom stereocenters. The van der Waals surface area contributed by atoms with Crippen molar-refractivity contribution in [2.24, 2.45) is 0 Å². The SMILES string of the molecule is Cc1ccc(S(=O)(=O)Cc2noc(CCC(=O)NCCCc3ccccc3)n2)cc1. The van der Waals surface area contributed by atoms with Gasteiger partial charge >= 0.3 is 0 Å². The van der Waals surface area contributed by atoms with Crippen molar-refractivity contribution in [2.45, 2.75) is 43.3 Å². The maximum absolute atomic E-state index is 12.5. The van der Waals surface area contributed by atoms with Crippen LogP contribution in [0.15, 0.2) is 64.0 Å². The molecule has 0 radical (unpaired) electrons. The highest BCUT2D eigenvalue weighted by molar-refractivity contribution is 7.90. The lowest BCUT2D eigenvalue weighted by atomic mass is 10.1. The molecule has 1 amide bonds. The Bertz CT molecular complexity index is 1060. The third kappa shape index (κ3) is 6.52. The lowest BCUT2D eigenvalue weighted by Crippen LogP contribution is -2.25. The Kier molecular flexibility index (Phi) is 7.35. The lowest BCUT2D eigenvalue weighted by molar-refractivity contribution is -0.121. The number of aromatic nitrogens is 2. The molecule has 30 heavy (non-hydrogen) atoms. The molecular formula is C22H25N3O4S. The summed E-state index contributed by atoms with van der Waals surface area (Å²) in [7, 11) is -3.55. The minimum Gasteiger partial charge on any atom is -0.356 e. The zero-order chi connectivity index (χ0) is 21.4. The minimum atomic E-state index is -3.55. The molecular weight excluding hydrogens is 402 g/mol. The monoisotopic (exact) mass is 427 g/mol. The topological polar surface area (TPSA) is 102 Å². The largest absolute Gasteiger partial charge is 0.356 e. The van der Waals surface area contributed by atoms with E-state index >= 15 is 0 Å². The van der Waals surface area contributed by atoms with Crippen LogP contribution in [0.5, 0.6) is 0 Å². The van der Waals surface area contributed by atoms with Crippen LogP contribution >= 0.6 is 0 Å². The van der Waals surface area contributed by atoms with E-state index in [4.69, 9.17) is 4.52 Å². The van der Waals surface area contributed by atoms with Crippen LogP contribution in [0.4, 0.5) is 0 Å². The van der Waals surface area contributed by atoms with Crippen LogP contribution in [0, 0.1) is 6.92 Å². The number of carbonyl (C=O) groups is 1. The van der Waals surface area contributed by atoms with Crippen molar-refractivity contribution in [1.82, 2.24) is 15.5 Å². The molecule has 0 aliphatic carbocycles. The third-order valence-corrected chi connectivity index (χ3v) is 6.21. The molecule has 0 spiro atoms. The lowest BCUT2D eigenvalue weighted by Gasteiger charge is -2.04. The molecule has 2 aromatic carbocycles. The quantitative estimate of drug-likeness (QED) is 0.499. The molecule has 1 N–H and O–H groups in total. The zero-order valence-electron chi connectivity index (χ0n) is 16.9. The zero-order valence-corrected chi connectivity index (χ0v) is 17.7. The van der Waals surface area contributed by atoms with Gasteiger partial charge in [0.2, 0.25) is 11.8 Å². The maximum Gasteiger partial charge on any atom is 0.227 e. The molecule has 0 aliphatic rings. The van der Waals surface area contributed by atoms with E-state index in [1.807, 2.05) is 25.1 Å². The summed E-state index contributed by atoms with van der Waals surface area (Å²) in [5, 5.41) is 6.60. The number of rotatable bonds is 10. The normalized spacial score (nSPS) is 11.4. The van der Waals surface area contributed by atoms with E-state index in [9.17, 15) is 13.2 Å². The number of sulfone groups is 1. The van der Waals surface area contributed by atoms with Crippen LogP contribution in [-0.4, -0.2) is 31.0 Å². The smallest absolute Gasteiger partial charge is 0.227 e. The Morgan fingerprint density at radius 2 is 1.77 bits per heavy atom. The first-order chi connectivity index (χ1) is 14.4. The van der Waals surface area contributed by atoms with Crippen molar-refractivity contribution in [3.8, 4) is 0 Å². The molecule has 0 bridgehead atoms. The summed E-state index contributed by atoms with van der Waals surface area (Å²) in [6.45, 7) is 2.49. The summed E-state index contributed by atoms with van der Waals surface area (Å²) in [6, 6.07) is 16.7. The van der Waals surface area contributed by atoms with E-state index in [0.717, 1.165) is 18.4 Å². The van der Waals surface area contributed by atoms with Gasteiger partial charge in [0, 0.05) is 19.4 Å². The predicted molar refractivity (Wildman–Crippen MR) is 112 cm³/mol. The number of nitrogens with one attached hydrogen (secondary N) is 1. The molecule has 0 aliphatic heterocycles. The van der Waals surface area contributed by atoms with Crippen LogP contribution in [0.2, 0.25) is 0 Å². The minimum absolute atomic E-state index is 0.0915. The van der Waals surface area contributed by atoms with E-state index in [1.165, 1.54) is 5.56 Å². The second-order valence-corrected chi connectivity index (χ2v) is 9.11. The second kappa shape index (κ2) is 10.2. The summed E-state index contributed by atoms with van der Waals surface area (Å²) >= 11 is 0. The van der Waals surface area contributed by atoms with Gasteiger partial charge in [-0.1, -0.05) is 53.2 Å². The van der Waals surface area contributed by atoms with E-state index in [-0.39, 0.29) is 41.1 Å². The van der Waals surface area contributed by atoms with Gasteiger partial charge in [0.05, 0.1) is 4.90 Å². The van der Waals surface area contributed by atoms with E-state index < -0.39 is 9.84 Å². The summed E-state index contributed by atoms with van der Waals surface area (Å²) in [4.78, 5) is 16.3. The Balaban J connectivity index is 1.41. The summed E-state index contributed by atoms with van der Waals surface area (Å²) in [5.41, 5.74) is 2.22. The van der Waals surface area contributed by atoms with Gasteiger partial charge in [-0.05, 0) is 37.5 Å². The molecule has 3 rings (SSSR count). The predicted octanol–water partition coefficient (Wildman–Crippen LogP) is 3.03. The Morgan fingerprint density at radius 3 is 2.50 bits per heavy atom. The molecule has 158 valence electrons. The van der Waals surface area contributed by atoms with Crippen LogP contribution in [-0.2, 0) is 33.2 Å². The van der Waals surface area contributed by atoms with Crippen molar-refractivity contribution in [3.63, 3.8) is 0 Å². The third-order valence-electron chi connectivity index (χ3n) is 4.58. The van der Waals surface area contributed by atoms with Crippen molar-refractivity contribution < 1.29 is 17.7 Å². The first kappa shape index (κ1) is 21.7. The first-order valence-corrected chi connectivity index (χ1v) is 11.5. The average molecular weight is 428 g/mol. The molecule has 3 aromatic rings. The van der Waals surface area contributed by atoms with Gasteiger partial charge in [-0.15, -0.1) is 0 Å². The van der Waals surface area contributed by atoms with Gasteiger partial charge in [-0.2, -0.15) is 4.98 Å². The van der Waals surface area contributed by atoms with Gasteiger partial charge in [-0.25, -0.2) is 8.42 Å². The highest BCUT2D eigenvalue weighted by atomic mass is 32.2. The fraction of sp³-hybridized carbons (Fsp3) is 0.318. The molecule has 0 saturated heterocycles. The van der Waals surface area contributed by atoms with E-state index in [2.05, 4.69) is 27.6 Å². The van der Waals surface area contributed by atoms with E-state index in [1.54, 1.807) is 24.3 Å². The van der Waals surface area contributed by atoms with Crippen molar-refractivity contribution >= 4 is 15.7 Å². The Morgan fingerprint density at radius 1 is 1.03 bits per heavy atom. The van der Waals surface area contributed by atoms with Crippen LogP contribution < -0.4 is 5.32 Å². The van der Waals surface area contributed by atoms with Crippen molar-refractivity contribution in [3.05, 3.63) is 77.4 Å². The van der Waals surface area contributed by atoms with Crippen LogP contribution in [0.1, 0.15) is 35.7 Å². The van der Waals surface area contributed by atoms with Crippen molar-refractivity contribution in [2.75, 3.05) is 6.54 Å². The molecule has 1 heterocycles. The number of nitrogens with zero attached hydrogens (tertiary/aromatic N) is 2. The fourth-order valence-corrected chi connectivity index (χ4v) is 4.10. The van der Waals surface area contributed by atoms with Gasteiger partial charge in [0.15, 0.2) is 15.7 Å². The van der Waals surface area contributed by atoms with E-state index in [0.29, 0.717) is 6.54 Å². The van der Waals surface area contributed by atoms with Crippen molar-refractivity contribution in [1.29, 1.82) is 0 Å². The number of aryl methyl sites for hydroxylation is 3. The van der Waals surface area contributed by atoms with Crippen LogP contribution in [0.3, 0.4) is 0 Å².